The van der Waals surface area contributed by atoms with Crippen molar-refractivity contribution in [3.05, 3.63) is 0 Å². The molecule has 0 amide bonds. The molecule has 1 atom stereocenters. The highest BCUT2D eigenvalue weighted by Gasteiger charge is 2.30. The molecule has 2 nitrogen and oxygen atoms in total. The van der Waals surface area contributed by atoms with Crippen molar-refractivity contribution in [3.8, 4) is 12.3 Å². The summed E-state index contributed by atoms with van der Waals surface area (Å²) in [6.45, 7) is 4.79. The summed E-state index contributed by atoms with van der Waals surface area (Å²) in [5.74, 6) is 3.62. The highest BCUT2D eigenvalue weighted by atomic mass is 15.2. The first-order valence-electron chi connectivity index (χ1n) is 6.28. The van der Waals surface area contributed by atoms with Crippen LogP contribution >= 0.6 is 0 Å². The molecule has 1 N–H and O–H groups in total. The van der Waals surface area contributed by atoms with Gasteiger partial charge in [-0.25, -0.2) is 0 Å². The Bertz CT molecular complexity index is 221. The molecule has 0 aromatic heterocycles. The van der Waals surface area contributed by atoms with E-state index in [9.17, 15) is 0 Å². The second-order valence-corrected chi connectivity index (χ2v) is 4.89. The van der Waals surface area contributed by atoms with E-state index < -0.39 is 0 Å². The maximum Gasteiger partial charge on any atom is 0.0214 e. The van der Waals surface area contributed by atoms with Crippen molar-refractivity contribution in [2.45, 2.75) is 38.1 Å². The number of nitrogens with one attached hydrogen (secondary N) is 1. The molecule has 2 rings (SSSR count). The molecule has 2 aliphatic rings. The van der Waals surface area contributed by atoms with Gasteiger partial charge in [0.25, 0.3) is 0 Å². The van der Waals surface area contributed by atoms with Gasteiger partial charge >= 0.3 is 0 Å². The predicted molar refractivity (Wildman–Crippen MR) is 63.6 cm³/mol. The van der Waals surface area contributed by atoms with E-state index in [2.05, 4.69) is 16.1 Å². The van der Waals surface area contributed by atoms with Crippen molar-refractivity contribution in [2.24, 2.45) is 5.92 Å². The lowest BCUT2D eigenvalue weighted by atomic mass is 9.99. The standard InChI is InChI=1S/C13H22N2/c1-2-3-9-15(13-6-7-13)11-12-5-4-8-14-10-12/h1,12-14H,3-11H2. The highest BCUT2D eigenvalue weighted by Crippen LogP contribution is 2.28. The van der Waals surface area contributed by atoms with Crippen LogP contribution < -0.4 is 5.32 Å². The Labute approximate surface area is 93.4 Å². The van der Waals surface area contributed by atoms with Crippen LogP contribution in [0.15, 0.2) is 0 Å². The minimum absolute atomic E-state index is 0.858. The fourth-order valence-electron chi connectivity index (χ4n) is 2.48. The van der Waals surface area contributed by atoms with Crippen LogP contribution in [-0.4, -0.2) is 37.1 Å². The van der Waals surface area contributed by atoms with Gasteiger partial charge in [0.1, 0.15) is 0 Å². The molecule has 84 valence electrons. The fourth-order valence-corrected chi connectivity index (χ4v) is 2.48. The Balaban J connectivity index is 1.74. The minimum atomic E-state index is 0.858. The maximum atomic E-state index is 5.34. The first-order valence-corrected chi connectivity index (χ1v) is 6.28. The molecule has 1 aliphatic heterocycles. The molecule has 1 aliphatic carbocycles. The second kappa shape index (κ2) is 5.53. The van der Waals surface area contributed by atoms with E-state index in [1.165, 1.54) is 45.3 Å². The molecule has 15 heavy (non-hydrogen) atoms. The summed E-state index contributed by atoms with van der Waals surface area (Å²) in [6.07, 6.45) is 11.8. The Morgan fingerprint density at radius 2 is 2.20 bits per heavy atom. The summed E-state index contributed by atoms with van der Waals surface area (Å²) in [5, 5.41) is 3.49. The monoisotopic (exact) mass is 206 g/mol. The van der Waals surface area contributed by atoms with Crippen LogP contribution in [0.3, 0.4) is 0 Å². The molecule has 1 heterocycles. The van der Waals surface area contributed by atoms with E-state index in [4.69, 9.17) is 6.42 Å². The number of hydrogen-bond donors (Lipinski definition) is 1. The van der Waals surface area contributed by atoms with Gasteiger partial charge in [-0.05, 0) is 44.7 Å². The van der Waals surface area contributed by atoms with Gasteiger partial charge in [-0.2, -0.15) is 0 Å². The summed E-state index contributed by atoms with van der Waals surface area (Å²) >= 11 is 0. The lowest BCUT2D eigenvalue weighted by molar-refractivity contribution is 0.204. The smallest absolute Gasteiger partial charge is 0.0214 e. The first kappa shape index (κ1) is 11.0. The third-order valence-electron chi connectivity index (χ3n) is 3.50. The highest BCUT2D eigenvalue weighted by molar-refractivity contribution is 4.91. The fraction of sp³-hybridized carbons (Fsp3) is 0.846. The third kappa shape index (κ3) is 3.52. The minimum Gasteiger partial charge on any atom is -0.316 e. The van der Waals surface area contributed by atoms with Crippen LogP contribution in [-0.2, 0) is 0 Å². The molecule has 2 fully saturated rings. The Morgan fingerprint density at radius 1 is 1.33 bits per heavy atom. The van der Waals surface area contributed by atoms with Crippen molar-refractivity contribution in [2.75, 3.05) is 26.2 Å². The number of hydrogen-bond acceptors (Lipinski definition) is 2. The SMILES string of the molecule is C#CCCN(CC1CCCNC1)C1CC1. The van der Waals surface area contributed by atoms with E-state index >= 15 is 0 Å². The van der Waals surface area contributed by atoms with Crippen LogP contribution in [0.5, 0.6) is 0 Å². The molecule has 2 heteroatoms. The van der Waals surface area contributed by atoms with Crippen molar-refractivity contribution < 1.29 is 0 Å². The molecular weight excluding hydrogens is 184 g/mol. The normalized spacial score (nSPS) is 26.5. The summed E-state index contributed by atoms with van der Waals surface area (Å²) in [7, 11) is 0. The molecule has 0 aromatic carbocycles. The Kier molecular flexibility index (Phi) is 4.05. The number of rotatable bonds is 5. The second-order valence-electron chi connectivity index (χ2n) is 4.89. The van der Waals surface area contributed by atoms with Crippen LogP contribution in [0.2, 0.25) is 0 Å². The van der Waals surface area contributed by atoms with Crippen LogP contribution in [0.25, 0.3) is 0 Å². The number of nitrogens with zero attached hydrogens (tertiary/aromatic N) is 1. The van der Waals surface area contributed by atoms with Crippen molar-refractivity contribution in [1.82, 2.24) is 10.2 Å². The van der Waals surface area contributed by atoms with E-state index in [1.807, 2.05) is 0 Å². The van der Waals surface area contributed by atoms with Gasteiger partial charge in [-0.1, -0.05) is 0 Å². The van der Waals surface area contributed by atoms with E-state index in [0.717, 1.165) is 24.9 Å². The maximum absolute atomic E-state index is 5.34. The molecule has 1 saturated carbocycles. The molecule has 1 unspecified atom stereocenters. The van der Waals surface area contributed by atoms with Crippen LogP contribution in [0.1, 0.15) is 32.1 Å². The van der Waals surface area contributed by atoms with Crippen LogP contribution in [0.4, 0.5) is 0 Å². The molecule has 0 spiro atoms. The third-order valence-corrected chi connectivity index (χ3v) is 3.50. The molecule has 1 saturated heterocycles. The summed E-state index contributed by atoms with van der Waals surface area (Å²) < 4.78 is 0. The Morgan fingerprint density at radius 3 is 2.80 bits per heavy atom. The topological polar surface area (TPSA) is 15.3 Å². The van der Waals surface area contributed by atoms with E-state index in [0.29, 0.717) is 0 Å². The lowest BCUT2D eigenvalue weighted by Gasteiger charge is -2.29. The quantitative estimate of drug-likeness (QED) is 0.685. The lowest BCUT2D eigenvalue weighted by Crippen LogP contribution is -2.39. The molecule has 0 bridgehead atoms. The molecule has 0 radical (unpaired) electrons. The van der Waals surface area contributed by atoms with Gasteiger partial charge in [0.2, 0.25) is 0 Å². The summed E-state index contributed by atoms with van der Waals surface area (Å²) in [6, 6.07) is 0.861. The molecule has 0 aromatic rings. The van der Waals surface area contributed by atoms with Gasteiger partial charge in [-0.3, -0.25) is 4.90 Å². The van der Waals surface area contributed by atoms with Crippen LogP contribution in [0, 0.1) is 18.3 Å². The van der Waals surface area contributed by atoms with Gasteiger partial charge in [-0.15, -0.1) is 12.3 Å². The summed E-state index contributed by atoms with van der Waals surface area (Å²) in [5.41, 5.74) is 0. The first-order chi connectivity index (χ1) is 7.40. The van der Waals surface area contributed by atoms with Crippen molar-refractivity contribution in [3.63, 3.8) is 0 Å². The predicted octanol–water partition coefficient (Wildman–Crippen LogP) is 1.47. The Hall–Kier alpha value is -0.520. The van der Waals surface area contributed by atoms with Gasteiger partial charge in [0.15, 0.2) is 0 Å². The van der Waals surface area contributed by atoms with E-state index in [1.54, 1.807) is 0 Å². The number of piperidine rings is 1. The van der Waals surface area contributed by atoms with Crippen molar-refractivity contribution >= 4 is 0 Å². The average molecular weight is 206 g/mol. The zero-order valence-corrected chi connectivity index (χ0v) is 9.54. The largest absolute Gasteiger partial charge is 0.316 e. The van der Waals surface area contributed by atoms with Crippen molar-refractivity contribution in [1.29, 1.82) is 0 Å². The van der Waals surface area contributed by atoms with Gasteiger partial charge in [0, 0.05) is 25.6 Å². The van der Waals surface area contributed by atoms with Gasteiger partial charge in [0.05, 0.1) is 0 Å². The zero-order chi connectivity index (χ0) is 10.5. The average Bonchev–Trinajstić information content (AvgIpc) is 3.09. The summed E-state index contributed by atoms with van der Waals surface area (Å²) in [4.78, 5) is 2.62. The molecular formula is C13H22N2. The zero-order valence-electron chi connectivity index (χ0n) is 9.54. The van der Waals surface area contributed by atoms with E-state index in [-0.39, 0.29) is 0 Å². The van der Waals surface area contributed by atoms with Gasteiger partial charge < -0.3 is 5.32 Å². The number of terminal acetylenes is 1.